The standard InChI is InChI=1S/C35H56N2O2/c1-32(2,3)26-17-24-21-36(13)15-16-37(14)22-25-18-27(33(4,5)6)20-29(35(10,11)12)31(25)39-23-38-30(24)28(19-26)34(7,8)9/h17-20H,15-16,21-23H2,1-14H3. The molecule has 0 N–H and O–H groups in total. The van der Waals surface area contributed by atoms with E-state index in [9.17, 15) is 0 Å². The summed E-state index contributed by atoms with van der Waals surface area (Å²) in [5.41, 5.74) is 7.64. The van der Waals surface area contributed by atoms with Crippen LogP contribution in [0, 0.1) is 0 Å². The van der Waals surface area contributed by atoms with Crippen LogP contribution in [0.3, 0.4) is 0 Å². The molecule has 0 aliphatic carbocycles. The summed E-state index contributed by atoms with van der Waals surface area (Å²) in [5.74, 6) is 1.94. The van der Waals surface area contributed by atoms with E-state index in [2.05, 4.69) is 131 Å². The van der Waals surface area contributed by atoms with Crippen LogP contribution in [0.2, 0.25) is 0 Å². The van der Waals surface area contributed by atoms with E-state index in [0.29, 0.717) is 0 Å². The van der Waals surface area contributed by atoms with Crippen molar-refractivity contribution in [3.8, 4) is 11.5 Å². The molecule has 0 fully saturated rings. The molecule has 1 heterocycles. The van der Waals surface area contributed by atoms with Crippen LogP contribution in [0.4, 0.5) is 0 Å². The van der Waals surface area contributed by atoms with E-state index in [1.54, 1.807) is 0 Å². The van der Waals surface area contributed by atoms with Crippen molar-refractivity contribution in [3.63, 3.8) is 0 Å². The largest absolute Gasteiger partial charge is 0.457 e. The fraction of sp³-hybridized carbons (Fsp3) is 0.657. The number of fused-ring (bicyclic) bond motifs is 2. The molecule has 1 aliphatic rings. The number of hydrogen-bond acceptors (Lipinski definition) is 4. The van der Waals surface area contributed by atoms with Crippen molar-refractivity contribution in [2.24, 2.45) is 0 Å². The second kappa shape index (κ2) is 11.1. The lowest BCUT2D eigenvalue weighted by Crippen LogP contribution is -2.31. The Labute approximate surface area is 240 Å². The fourth-order valence-corrected chi connectivity index (χ4v) is 5.16. The van der Waals surface area contributed by atoms with E-state index in [1.165, 1.54) is 33.4 Å². The number of likely N-dealkylation sites (N-methyl/N-ethyl adjacent to an activating group) is 2. The highest BCUT2D eigenvalue weighted by atomic mass is 16.7. The van der Waals surface area contributed by atoms with Gasteiger partial charge in [0.25, 0.3) is 0 Å². The SMILES string of the molecule is CN1CCN(C)Cc2cc(C(C)(C)C)cc(C(C)(C)C)c2OCOc2c(cc(C(C)(C)C)cc2C(C)(C)C)C1. The van der Waals surface area contributed by atoms with Crippen molar-refractivity contribution in [3.05, 3.63) is 57.6 Å². The summed E-state index contributed by atoms with van der Waals surface area (Å²) in [6.07, 6.45) is 0. The van der Waals surface area contributed by atoms with Crippen molar-refractivity contribution in [1.29, 1.82) is 0 Å². The molecule has 0 unspecified atom stereocenters. The smallest absolute Gasteiger partial charge is 0.230 e. The summed E-state index contributed by atoms with van der Waals surface area (Å²) in [6.45, 7) is 31.2. The first-order valence-electron chi connectivity index (χ1n) is 14.7. The second-order valence-corrected chi connectivity index (χ2v) is 15.9. The molecule has 218 valence electrons. The Morgan fingerprint density at radius 2 is 0.846 bits per heavy atom. The maximum atomic E-state index is 6.66. The van der Waals surface area contributed by atoms with Crippen LogP contribution in [0.15, 0.2) is 24.3 Å². The molecule has 39 heavy (non-hydrogen) atoms. The molecular formula is C35H56N2O2. The van der Waals surface area contributed by atoms with E-state index < -0.39 is 0 Å². The lowest BCUT2D eigenvalue weighted by Gasteiger charge is -2.31. The summed E-state index contributed by atoms with van der Waals surface area (Å²) in [6, 6.07) is 9.42. The first-order chi connectivity index (χ1) is 17.7. The zero-order chi connectivity index (χ0) is 29.6. The topological polar surface area (TPSA) is 24.9 Å². The third-order valence-corrected chi connectivity index (χ3v) is 7.83. The Bertz CT molecular complexity index is 1060. The van der Waals surface area contributed by atoms with Gasteiger partial charge in [0.15, 0.2) is 0 Å². The van der Waals surface area contributed by atoms with E-state index in [0.717, 1.165) is 37.7 Å². The molecule has 0 spiro atoms. The van der Waals surface area contributed by atoms with Gasteiger partial charge in [-0.15, -0.1) is 0 Å². The van der Waals surface area contributed by atoms with Crippen LogP contribution in [0.25, 0.3) is 0 Å². The highest BCUT2D eigenvalue weighted by Gasteiger charge is 2.29. The maximum absolute atomic E-state index is 6.66. The summed E-state index contributed by atoms with van der Waals surface area (Å²) >= 11 is 0. The molecule has 0 saturated heterocycles. The zero-order valence-corrected chi connectivity index (χ0v) is 27.6. The van der Waals surface area contributed by atoms with Gasteiger partial charge in [-0.25, -0.2) is 0 Å². The molecule has 0 bridgehead atoms. The minimum absolute atomic E-state index is 0.0524. The van der Waals surface area contributed by atoms with Gasteiger partial charge in [0.05, 0.1) is 0 Å². The van der Waals surface area contributed by atoms with Gasteiger partial charge in [-0.05, 0) is 46.9 Å². The van der Waals surface area contributed by atoms with Crippen molar-refractivity contribution >= 4 is 0 Å². The van der Waals surface area contributed by atoms with Crippen molar-refractivity contribution in [2.75, 3.05) is 34.0 Å². The fourth-order valence-electron chi connectivity index (χ4n) is 5.16. The molecule has 2 aromatic rings. The predicted molar refractivity (Wildman–Crippen MR) is 166 cm³/mol. The van der Waals surface area contributed by atoms with Crippen LogP contribution in [-0.2, 0) is 34.7 Å². The van der Waals surface area contributed by atoms with Gasteiger partial charge in [0, 0.05) is 48.4 Å². The molecule has 2 aromatic carbocycles. The summed E-state index contributed by atoms with van der Waals surface area (Å²) in [7, 11) is 4.44. The summed E-state index contributed by atoms with van der Waals surface area (Å²) < 4.78 is 13.3. The molecule has 0 atom stereocenters. The molecule has 0 amide bonds. The maximum Gasteiger partial charge on any atom is 0.230 e. The number of hydrogen-bond donors (Lipinski definition) is 0. The highest BCUT2D eigenvalue weighted by molar-refractivity contribution is 5.51. The first-order valence-corrected chi connectivity index (χ1v) is 14.7. The number of ether oxygens (including phenoxy) is 2. The van der Waals surface area contributed by atoms with Crippen LogP contribution in [0.5, 0.6) is 11.5 Å². The van der Waals surface area contributed by atoms with Gasteiger partial charge in [0.2, 0.25) is 6.79 Å². The first kappa shape index (κ1) is 31.5. The zero-order valence-electron chi connectivity index (χ0n) is 27.6. The molecule has 3 rings (SSSR count). The number of benzene rings is 2. The Hall–Kier alpha value is -2.04. The summed E-state index contributed by atoms with van der Waals surface area (Å²) in [5, 5.41) is 0. The van der Waals surface area contributed by atoms with E-state index >= 15 is 0 Å². The Balaban J connectivity index is 2.20. The number of rotatable bonds is 0. The molecule has 0 saturated carbocycles. The lowest BCUT2D eigenvalue weighted by molar-refractivity contribution is 0.112. The van der Waals surface area contributed by atoms with Crippen molar-refractivity contribution < 1.29 is 9.47 Å². The number of nitrogens with zero attached hydrogens (tertiary/aromatic N) is 2. The van der Waals surface area contributed by atoms with Crippen LogP contribution in [0.1, 0.15) is 116 Å². The van der Waals surface area contributed by atoms with E-state index in [1.807, 2.05) is 0 Å². The average molecular weight is 537 g/mol. The van der Waals surface area contributed by atoms with Gasteiger partial charge in [-0.1, -0.05) is 107 Å². The predicted octanol–water partition coefficient (Wildman–Crippen LogP) is 8.17. The van der Waals surface area contributed by atoms with Gasteiger partial charge in [0.1, 0.15) is 11.5 Å². The average Bonchev–Trinajstić information content (AvgIpc) is 2.76. The minimum Gasteiger partial charge on any atom is -0.457 e. The van der Waals surface area contributed by atoms with E-state index in [-0.39, 0.29) is 28.5 Å². The minimum atomic E-state index is -0.0613. The third kappa shape index (κ3) is 7.79. The van der Waals surface area contributed by atoms with Gasteiger partial charge in [-0.2, -0.15) is 0 Å². The normalized spacial score (nSPS) is 17.2. The van der Waals surface area contributed by atoms with Crippen LogP contribution in [-0.4, -0.2) is 43.8 Å². The molecular weight excluding hydrogens is 480 g/mol. The third-order valence-electron chi connectivity index (χ3n) is 7.83. The van der Waals surface area contributed by atoms with Gasteiger partial charge >= 0.3 is 0 Å². The molecule has 1 aliphatic heterocycles. The van der Waals surface area contributed by atoms with Gasteiger partial charge < -0.3 is 19.3 Å². The molecule has 0 aromatic heterocycles. The van der Waals surface area contributed by atoms with Crippen molar-refractivity contribution in [2.45, 2.75) is 118 Å². The Morgan fingerprint density at radius 3 is 1.13 bits per heavy atom. The van der Waals surface area contributed by atoms with Gasteiger partial charge in [-0.3, -0.25) is 0 Å². The Kier molecular flexibility index (Phi) is 8.95. The Morgan fingerprint density at radius 1 is 0.513 bits per heavy atom. The molecule has 0 radical (unpaired) electrons. The second-order valence-electron chi connectivity index (χ2n) is 15.9. The molecule has 4 nitrogen and oxygen atoms in total. The monoisotopic (exact) mass is 536 g/mol. The van der Waals surface area contributed by atoms with Crippen LogP contribution >= 0.6 is 0 Å². The van der Waals surface area contributed by atoms with Crippen molar-refractivity contribution in [1.82, 2.24) is 9.80 Å². The lowest BCUT2D eigenvalue weighted by atomic mass is 9.79. The highest BCUT2D eigenvalue weighted by Crippen LogP contribution is 2.41. The molecule has 4 heteroatoms. The quantitative estimate of drug-likeness (QED) is 0.339. The summed E-state index contributed by atoms with van der Waals surface area (Å²) in [4.78, 5) is 4.84. The van der Waals surface area contributed by atoms with E-state index in [4.69, 9.17) is 9.47 Å². The van der Waals surface area contributed by atoms with Crippen LogP contribution < -0.4 is 9.47 Å².